The van der Waals surface area contributed by atoms with Gasteiger partial charge in [-0.3, -0.25) is 4.79 Å². The number of furan rings is 1. The molecule has 1 amide bonds. The summed E-state index contributed by atoms with van der Waals surface area (Å²) < 4.78 is 10.6. The fourth-order valence-electron chi connectivity index (χ4n) is 1.85. The van der Waals surface area contributed by atoms with Gasteiger partial charge in [-0.1, -0.05) is 12.1 Å². The minimum Gasteiger partial charge on any atom is -0.492 e. The summed E-state index contributed by atoms with van der Waals surface area (Å²) in [6, 6.07) is 10.2. The van der Waals surface area contributed by atoms with Gasteiger partial charge in [0, 0.05) is 0 Å². The number of anilines is 1. The van der Waals surface area contributed by atoms with Gasteiger partial charge >= 0.3 is 5.97 Å². The molecule has 0 saturated heterocycles. The predicted octanol–water partition coefficient (Wildman–Crippen LogP) is 3.25. The summed E-state index contributed by atoms with van der Waals surface area (Å²) in [5.41, 5.74) is 0.631. The number of rotatable bonds is 8. The molecule has 122 valence electrons. The van der Waals surface area contributed by atoms with Crippen molar-refractivity contribution in [1.29, 1.82) is 0 Å². The number of carboxylic acids is 1. The Morgan fingerprint density at radius 3 is 2.74 bits per heavy atom. The van der Waals surface area contributed by atoms with E-state index >= 15 is 0 Å². The number of carboxylic acid groups (broad SMARTS) is 1. The number of hydrogen-bond donors (Lipinski definition) is 2. The van der Waals surface area contributed by atoms with Gasteiger partial charge in [0.25, 0.3) is 0 Å². The maximum atomic E-state index is 12.0. The van der Waals surface area contributed by atoms with E-state index in [1.807, 2.05) is 19.1 Å². The van der Waals surface area contributed by atoms with Crippen LogP contribution in [-0.2, 0) is 10.5 Å². The number of hydrogen-bond acceptors (Lipinski definition) is 5. The Morgan fingerprint density at radius 1 is 1.26 bits per heavy atom. The molecule has 1 aromatic heterocycles. The van der Waals surface area contributed by atoms with Crippen molar-refractivity contribution in [2.45, 2.75) is 12.7 Å². The number of carbonyl (C=O) groups excluding carboxylic acids is 1. The molecule has 2 rings (SSSR count). The summed E-state index contributed by atoms with van der Waals surface area (Å²) in [6.07, 6.45) is 0. The van der Waals surface area contributed by atoms with Crippen LogP contribution in [0.1, 0.15) is 23.2 Å². The van der Waals surface area contributed by atoms with Crippen molar-refractivity contribution in [3.63, 3.8) is 0 Å². The van der Waals surface area contributed by atoms with Crippen LogP contribution in [-0.4, -0.2) is 29.3 Å². The molecule has 0 aliphatic heterocycles. The highest BCUT2D eigenvalue weighted by molar-refractivity contribution is 7.99. The van der Waals surface area contributed by atoms with Crippen molar-refractivity contribution in [2.75, 3.05) is 17.7 Å². The van der Waals surface area contributed by atoms with Crippen LogP contribution in [0.3, 0.4) is 0 Å². The number of thioether (sulfide) groups is 1. The van der Waals surface area contributed by atoms with Crippen LogP contribution >= 0.6 is 11.8 Å². The average molecular weight is 335 g/mol. The summed E-state index contributed by atoms with van der Waals surface area (Å²) >= 11 is 1.34. The fraction of sp³-hybridized carbons (Fsp3) is 0.250. The zero-order valence-electron chi connectivity index (χ0n) is 12.6. The van der Waals surface area contributed by atoms with Gasteiger partial charge in [0.2, 0.25) is 11.7 Å². The van der Waals surface area contributed by atoms with Gasteiger partial charge < -0.3 is 19.6 Å². The van der Waals surface area contributed by atoms with Gasteiger partial charge in [0.1, 0.15) is 11.5 Å². The molecule has 1 heterocycles. The lowest BCUT2D eigenvalue weighted by atomic mass is 10.3. The van der Waals surface area contributed by atoms with E-state index in [-0.39, 0.29) is 17.4 Å². The molecule has 0 atom stereocenters. The van der Waals surface area contributed by atoms with Crippen molar-refractivity contribution in [3.05, 3.63) is 47.9 Å². The van der Waals surface area contributed by atoms with E-state index in [1.54, 1.807) is 18.2 Å². The Labute approximate surface area is 137 Å². The Morgan fingerprint density at radius 2 is 2.04 bits per heavy atom. The second-order valence-corrected chi connectivity index (χ2v) is 5.53. The number of amides is 1. The van der Waals surface area contributed by atoms with Crippen LogP contribution in [0.4, 0.5) is 5.69 Å². The van der Waals surface area contributed by atoms with E-state index in [9.17, 15) is 9.59 Å². The summed E-state index contributed by atoms with van der Waals surface area (Å²) in [5, 5.41) is 11.6. The first-order chi connectivity index (χ1) is 11.1. The summed E-state index contributed by atoms with van der Waals surface area (Å²) in [4.78, 5) is 22.7. The first-order valence-electron chi connectivity index (χ1n) is 7.01. The largest absolute Gasteiger partial charge is 0.492 e. The monoisotopic (exact) mass is 335 g/mol. The summed E-state index contributed by atoms with van der Waals surface area (Å²) in [7, 11) is 0. The van der Waals surface area contributed by atoms with Gasteiger partial charge in [-0.15, -0.1) is 11.8 Å². The molecule has 2 N–H and O–H groups in total. The molecule has 0 radical (unpaired) electrons. The number of carbonyl (C=O) groups is 2. The molecular weight excluding hydrogens is 318 g/mol. The Balaban J connectivity index is 1.82. The van der Waals surface area contributed by atoms with E-state index in [4.69, 9.17) is 14.3 Å². The molecule has 0 aliphatic rings. The predicted molar refractivity (Wildman–Crippen MR) is 88.1 cm³/mol. The highest BCUT2D eigenvalue weighted by Crippen LogP contribution is 2.24. The lowest BCUT2D eigenvalue weighted by Crippen LogP contribution is -2.15. The lowest BCUT2D eigenvalue weighted by molar-refractivity contribution is -0.113. The van der Waals surface area contributed by atoms with Gasteiger partial charge in [-0.05, 0) is 31.2 Å². The van der Waals surface area contributed by atoms with E-state index < -0.39 is 5.97 Å². The lowest BCUT2D eigenvalue weighted by Gasteiger charge is -2.10. The van der Waals surface area contributed by atoms with E-state index in [1.165, 1.54) is 17.8 Å². The first kappa shape index (κ1) is 17.0. The van der Waals surface area contributed by atoms with Gasteiger partial charge in [0.15, 0.2) is 0 Å². The zero-order valence-corrected chi connectivity index (χ0v) is 13.4. The maximum Gasteiger partial charge on any atom is 0.371 e. The third-order valence-corrected chi connectivity index (χ3v) is 3.77. The SMILES string of the molecule is CCOc1ccccc1NC(=O)CSCc1ccc(C(=O)O)o1. The molecule has 2 aromatic rings. The second kappa shape index (κ2) is 8.28. The molecule has 23 heavy (non-hydrogen) atoms. The molecule has 0 bridgehead atoms. The third-order valence-electron chi connectivity index (χ3n) is 2.81. The molecule has 1 aromatic carbocycles. The number of nitrogens with one attached hydrogen (secondary N) is 1. The summed E-state index contributed by atoms with van der Waals surface area (Å²) in [5.74, 6) is 0.437. The normalized spacial score (nSPS) is 10.3. The zero-order chi connectivity index (χ0) is 16.7. The van der Waals surface area contributed by atoms with Crippen LogP contribution in [0, 0.1) is 0 Å². The first-order valence-corrected chi connectivity index (χ1v) is 8.17. The Kier molecular flexibility index (Phi) is 6.10. The quantitative estimate of drug-likeness (QED) is 0.770. The molecule has 6 nitrogen and oxygen atoms in total. The van der Waals surface area contributed by atoms with Crippen LogP contribution in [0.5, 0.6) is 5.75 Å². The Hall–Kier alpha value is -2.41. The smallest absolute Gasteiger partial charge is 0.371 e. The highest BCUT2D eigenvalue weighted by Gasteiger charge is 2.11. The van der Waals surface area contributed by atoms with Crippen molar-refractivity contribution in [2.24, 2.45) is 0 Å². The minimum absolute atomic E-state index is 0.101. The van der Waals surface area contributed by atoms with Crippen LogP contribution in [0.15, 0.2) is 40.8 Å². The maximum absolute atomic E-state index is 12.0. The third kappa shape index (κ3) is 5.07. The van der Waals surface area contributed by atoms with Gasteiger partial charge in [0.05, 0.1) is 23.8 Å². The standard InChI is InChI=1S/C16H17NO5S/c1-2-21-13-6-4-3-5-12(13)17-15(18)10-23-9-11-7-8-14(22-11)16(19)20/h3-8H,2,9-10H2,1H3,(H,17,18)(H,19,20). The number of para-hydroxylation sites is 2. The minimum atomic E-state index is -1.11. The Bertz CT molecular complexity index is 683. The molecule has 0 aliphatic carbocycles. The average Bonchev–Trinajstić information content (AvgIpc) is 2.99. The molecular formula is C16H17NO5S. The van der Waals surface area contributed by atoms with Gasteiger partial charge in [-0.2, -0.15) is 0 Å². The van der Waals surface area contributed by atoms with E-state index in [2.05, 4.69) is 5.32 Å². The van der Waals surface area contributed by atoms with Crippen molar-refractivity contribution >= 4 is 29.3 Å². The highest BCUT2D eigenvalue weighted by atomic mass is 32.2. The molecule has 0 fully saturated rings. The number of ether oxygens (including phenoxy) is 1. The second-order valence-electron chi connectivity index (χ2n) is 4.54. The topological polar surface area (TPSA) is 88.8 Å². The number of aromatic carboxylic acids is 1. The van der Waals surface area contributed by atoms with Crippen molar-refractivity contribution in [1.82, 2.24) is 0 Å². The number of benzene rings is 1. The molecule has 0 saturated carbocycles. The summed E-state index contributed by atoms with van der Waals surface area (Å²) in [6.45, 7) is 2.40. The van der Waals surface area contributed by atoms with Crippen molar-refractivity contribution in [3.8, 4) is 5.75 Å². The van der Waals surface area contributed by atoms with E-state index in [0.717, 1.165) is 0 Å². The van der Waals surface area contributed by atoms with Gasteiger partial charge in [-0.25, -0.2) is 4.79 Å². The van der Waals surface area contributed by atoms with Crippen LogP contribution in [0.25, 0.3) is 0 Å². The van der Waals surface area contributed by atoms with Crippen molar-refractivity contribution < 1.29 is 23.8 Å². The fourth-order valence-corrected chi connectivity index (χ4v) is 2.57. The molecule has 7 heteroatoms. The van der Waals surface area contributed by atoms with Crippen LogP contribution in [0.2, 0.25) is 0 Å². The molecule has 0 spiro atoms. The van der Waals surface area contributed by atoms with Crippen LogP contribution < -0.4 is 10.1 Å². The van der Waals surface area contributed by atoms with E-state index in [0.29, 0.717) is 29.6 Å². The molecule has 0 unspecified atom stereocenters.